The highest BCUT2D eigenvalue weighted by atomic mass is 32.2. The third-order valence-electron chi connectivity index (χ3n) is 2.63. The molecule has 0 bridgehead atoms. The summed E-state index contributed by atoms with van der Waals surface area (Å²) in [5, 5.41) is 21.4. The Balaban J connectivity index is 1.92. The molecule has 1 aromatic carbocycles. The lowest BCUT2D eigenvalue weighted by molar-refractivity contribution is -0.384. The third kappa shape index (κ3) is 5.19. The lowest BCUT2D eigenvalue weighted by Gasteiger charge is -2.09. The van der Waals surface area contributed by atoms with Crippen LogP contribution in [0.1, 0.15) is 13.8 Å². The Kier molecular flexibility index (Phi) is 6.37. The maximum absolute atomic E-state index is 12.2. The van der Waals surface area contributed by atoms with Gasteiger partial charge >= 0.3 is 0 Å². The lowest BCUT2D eigenvalue weighted by Crippen LogP contribution is -2.22. The largest absolute Gasteiger partial charge is 0.300 e. The summed E-state index contributed by atoms with van der Waals surface area (Å²) in [6.45, 7) is 3.79. The van der Waals surface area contributed by atoms with Gasteiger partial charge in [0, 0.05) is 17.0 Å². The van der Waals surface area contributed by atoms with Crippen molar-refractivity contribution in [2.75, 3.05) is 11.1 Å². The van der Waals surface area contributed by atoms with Gasteiger partial charge in [-0.25, -0.2) is 0 Å². The van der Waals surface area contributed by atoms with Crippen molar-refractivity contribution < 1.29 is 9.72 Å². The molecule has 0 aliphatic rings. The SMILES string of the molecule is CCSc1nnc(NC(=O)[C@@H](C)Sc2ccc([N+](=O)[O-])cc2)s1. The minimum Gasteiger partial charge on any atom is -0.300 e. The fraction of sp³-hybridized carbons (Fsp3) is 0.308. The number of rotatable bonds is 7. The zero-order valence-electron chi connectivity index (χ0n) is 12.4. The number of aromatic nitrogens is 2. The molecule has 0 radical (unpaired) electrons. The molecule has 0 fully saturated rings. The smallest absolute Gasteiger partial charge is 0.269 e. The van der Waals surface area contributed by atoms with Crippen molar-refractivity contribution in [1.82, 2.24) is 10.2 Å². The highest BCUT2D eigenvalue weighted by Gasteiger charge is 2.17. The average Bonchev–Trinajstić information content (AvgIpc) is 2.95. The molecule has 0 saturated carbocycles. The molecule has 0 saturated heterocycles. The zero-order valence-corrected chi connectivity index (χ0v) is 14.8. The molecule has 1 amide bonds. The van der Waals surface area contributed by atoms with Crippen LogP contribution in [-0.4, -0.2) is 32.0 Å². The van der Waals surface area contributed by atoms with Crippen LogP contribution in [0.2, 0.25) is 0 Å². The molecule has 1 atom stereocenters. The van der Waals surface area contributed by atoms with Crippen molar-refractivity contribution in [2.24, 2.45) is 0 Å². The van der Waals surface area contributed by atoms with Crippen LogP contribution in [0.3, 0.4) is 0 Å². The summed E-state index contributed by atoms with van der Waals surface area (Å²) in [7, 11) is 0. The van der Waals surface area contributed by atoms with Crippen molar-refractivity contribution in [3.8, 4) is 0 Å². The minimum absolute atomic E-state index is 0.0290. The van der Waals surface area contributed by atoms with Crippen LogP contribution in [0.4, 0.5) is 10.8 Å². The first-order chi connectivity index (χ1) is 11.0. The predicted octanol–water partition coefficient (Wildman–Crippen LogP) is 3.68. The Hall–Kier alpha value is -1.65. The van der Waals surface area contributed by atoms with Gasteiger partial charge in [0.15, 0.2) is 4.34 Å². The van der Waals surface area contributed by atoms with Gasteiger partial charge in [-0.1, -0.05) is 30.0 Å². The van der Waals surface area contributed by atoms with E-state index in [1.54, 1.807) is 30.8 Å². The van der Waals surface area contributed by atoms with Crippen LogP contribution in [0.25, 0.3) is 0 Å². The number of benzene rings is 1. The van der Waals surface area contributed by atoms with Crippen molar-refractivity contribution in [3.63, 3.8) is 0 Å². The maximum atomic E-state index is 12.2. The van der Waals surface area contributed by atoms with Crippen molar-refractivity contribution in [1.29, 1.82) is 0 Å². The lowest BCUT2D eigenvalue weighted by atomic mass is 10.3. The standard InChI is InChI=1S/C13H14N4O3S3/c1-3-21-13-16-15-12(23-13)14-11(18)8(2)22-10-6-4-9(5-7-10)17(19)20/h4-8H,3H2,1-2H3,(H,14,15,18)/t8-/m1/s1. The first-order valence-electron chi connectivity index (χ1n) is 6.68. The number of thioether (sulfide) groups is 2. The van der Waals surface area contributed by atoms with Crippen LogP contribution >= 0.6 is 34.9 Å². The number of hydrogen-bond donors (Lipinski definition) is 1. The Morgan fingerprint density at radius 1 is 1.39 bits per heavy atom. The van der Waals surface area contributed by atoms with E-state index in [1.807, 2.05) is 6.92 Å². The van der Waals surface area contributed by atoms with Crippen molar-refractivity contribution >= 4 is 51.6 Å². The van der Waals surface area contributed by atoms with Crippen molar-refractivity contribution in [3.05, 3.63) is 34.4 Å². The first kappa shape index (κ1) is 17.7. The molecule has 0 aliphatic carbocycles. The van der Waals surface area contributed by atoms with Gasteiger partial charge in [0.2, 0.25) is 11.0 Å². The Labute approximate surface area is 145 Å². The van der Waals surface area contributed by atoms with Gasteiger partial charge in [-0.3, -0.25) is 20.2 Å². The van der Waals surface area contributed by atoms with Crippen LogP contribution in [0.15, 0.2) is 33.5 Å². The van der Waals surface area contributed by atoms with E-state index >= 15 is 0 Å². The number of nitro groups is 1. The fourth-order valence-corrected chi connectivity index (χ4v) is 4.07. The number of carbonyl (C=O) groups is 1. The normalized spacial score (nSPS) is 11.9. The molecule has 7 nitrogen and oxygen atoms in total. The zero-order chi connectivity index (χ0) is 16.8. The number of non-ortho nitro benzene ring substituents is 1. The van der Waals surface area contributed by atoms with E-state index in [-0.39, 0.29) is 16.8 Å². The van der Waals surface area contributed by atoms with Crippen LogP contribution in [0.5, 0.6) is 0 Å². The molecule has 2 aromatic rings. The van der Waals surface area contributed by atoms with Gasteiger partial charge in [-0.2, -0.15) is 0 Å². The summed E-state index contributed by atoms with van der Waals surface area (Å²) in [4.78, 5) is 23.1. The number of nitrogens with zero attached hydrogens (tertiary/aromatic N) is 3. The Morgan fingerprint density at radius 3 is 2.70 bits per heavy atom. The number of nitro benzene ring substituents is 1. The van der Waals surface area contributed by atoms with Crippen LogP contribution in [0, 0.1) is 10.1 Å². The van der Waals surface area contributed by atoms with Gasteiger partial charge < -0.3 is 0 Å². The molecular weight excluding hydrogens is 356 g/mol. The molecular formula is C13H14N4O3S3. The van der Waals surface area contributed by atoms with E-state index in [2.05, 4.69) is 15.5 Å². The Morgan fingerprint density at radius 2 is 2.09 bits per heavy atom. The van der Waals surface area contributed by atoms with E-state index in [0.29, 0.717) is 5.13 Å². The molecule has 23 heavy (non-hydrogen) atoms. The molecule has 0 aliphatic heterocycles. The van der Waals surface area contributed by atoms with E-state index in [9.17, 15) is 14.9 Å². The summed E-state index contributed by atoms with van der Waals surface area (Å²) < 4.78 is 0.818. The van der Waals surface area contributed by atoms with Crippen LogP contribution in [-0.2, 0) is 4.79 Å². The Bertz CT molecular complexity index is 690. The fourth-order valence-electron chi connectivity index (χ4n) is 1.55. The molecule has 1 aromatic heterocycles. The quantitative estimate of drug-likeness (QED) is 0.343. The number of nitrogens with one attached hydrogen (secondary N) is 1. The molecule has 0 unspecified atom stereocenters. The monoisotopic (exact) mass is 370 g/mol. The predicted molar refractivity (Wildman–Crippen MR) is 93.4 cm³/mol. The molecule has 10 heteroatoms. The molecule has 2 rings (SSSR count). The summed E-state index contributed by atoms with van der Waals surface area (Å²) in [6, 6.07) is 6.11. The van der Waals surface area contributed by atoms with Gasteiger partial charge in [-0.15, -0.1) is 22.0 Å². The van der Waals surface area contributed by atoms with Crippen LogP contribution < -0.4 is 5.32 Å². The number of carbonyl (C=O) groups excluding carboxylic acids is 1. The van der Waals surface area contributed by atoms with Gasteiger partial charge in [-0.05, 0) is 24.8 Å². The topological polar surface area (TPSA) is 98.0 Å². The highest BCUT2D eigenvalue weighted by Crippen LogP contribution is 2.28. The summed E-state index contributed by atoms with van der Waals surface area (Å²) in [6.07, 6.45) is 0. The summed E-state index contributed by atoms with van der Waals surface area (Å²) in [5.74, 6) is 0.715. The molecule has 1 N–H and O–H groups in total. The first-order valence-corrected chi connectivity index (χ1v) is 9.36. The van der Waals surface area contributed by atoms with E-state index in [1.165, 1.54) is 35.2 Å². The number of anilines is 1. The average molecular weight is 370 g/mol. The number of hydrogen-bond acceptors (Lipinski definition) is 8. The van der Waals surface area contributed by atoms with Gasteiger partial charge in [0.25, 0.3) is 5.69 Å². The third-order valence-corrected chi connectivity index (χ3v) is 5.60. The molecule has 0 spiro atoms. The summed E-state index contributed by atoms with van der Waals surface area (Å²) in [5.41, 5.74) is 0.0290. The maximum Gasteiger partial charge on any atom is 0.269 e. The summed E-state index contributed by atoms with van der Waals surface area (Å²) >= 11 is 4.24. The molecule has 122 valence electrons. The van der Waals surface area contributed by atoms with Gasteiger partial charge in [0.1, 0.15) is 0 Å². The van der Waals surface area contributed by atoms with E-state index in [4.69, 9.17) is 0 Å². The minimum atomic E-state index is -0.452. The molecule has 1 heterocycles. The second-order valence-electron chi connectivity index (χ2n) is 4.31. The van der Waals surface area contributed by atoms with E-state index < -0.39 is 4.92 Å². The number of amides is 1. The van der Waals surface area contributed by atoms with E-state index in [0.717, 1.165) is 15.0 Å². The highest BCUT2D eigenvalue weighted by molar-refractivity contribution is 8.01. The second-order valence-corrected chi connectivity index (χ2v) is 8.21. The second kappa shape index (κ2) is 8.27. The van der Waals surface area contributed by atoms with Gasteiger partial charge in [0.05, 0.1) is 10.2 Å². The van der Waals surface area contributed by atoms with Crippen molar-refractivity contribution in [2.45, 2.75) is 28.3 Å².